The minimum atomic E-state index is 0.191. The molecule has 0 bridgehead atoms. The Bertz CT molecular complexity index is 409. The van der Waals surface area contributed by atoms with Crippen molar-refractivity contribution >= 4 is 21.8 Å². The number of amides is 1. The molecule has 78 valence electrons. The smallest absolute Gasteiger partial charge is 0.220 e. The first-order valence-electron chi connectivity index (χ1n) is 5.32. The second-order valence-electron chi connectivity index (χ2n) is 4.32. The van der Waals surface area contributed by atoms with Gasteiger partial charge in [-0.05, 0) is 17.6 Å². The normalized spacial score (nSPS) is 33.4. The van der Waals surface area contributed by atoms with Gasteiger partial charge in [-0.3, -0.25) is 4.79 Å². The fourth-order valence-corrected chi connectivity index (χ4v) is 2.93. The molecule has 1 N–H and O–H groups in total. The number of hydrogen-bond acceptors (Lipinski definition) is 1. The molecule has 0 saturated carbocycles. The van der Waals surface area contributed by atoms with Crippen LogP contribution in [0.5, 0.6) is 0 Å². The number of carbonyl (C=O) groups is 1. The fraction of sp³-hybridized carbons (Fsp3) is 0.417. The maximum atomic E-state index is 11.1. The average molecular weight is 266 g/mol. The number of nitrogens with one attached hydrogen (secondary N) is 1. The highest BCUT2D eigenvalue weighted by molar-refractivity contribution is 9.12. The molecule has 1 unspecified atom stereocenters. The summed E-state index contributed by atoms with van der Waals surface area (Å²) in [6.45, 7) is 0.796. The molecule has 0 aromatic carbocycles. The first-order valence-corrected chi connectivity index (χ1v) is 6.11. The van der Waals surface area contributed by atoms with Crippen molar-refractivity contribution in [2.45, 2.75) is 12.8 Å². The molecule has 3 aliphatic rings. The highest BCUT2D eigenvalue weighted by Gasteiger charge is 2.34. The minimum Gasteiger partial charge on any atom is -0.355 e. The van der Waals surface area contributed by atoms with Crippen LogP contribution >= 0.6 is 15.9 Å². The number of piperidine rings is 1. The van der Waals surface area contributed by atoms with Crippen molar-refractivity contribution in [3.05, 3.63) is 33.9 Å². The number of fused-ring (bicyclic) bond motifs is 1. The van der Waals surface area contributed by atoms with Crippen LogP contribution < -0.4 is 5.32 Å². The Morgan fingerprint density at radius 3 is 3.00 bits per heavy atom. The van der Waals surface area contributed by atoms with E-state index in [1.165, 1.54) is 15.6 Å². The zero-order valence-electron chi connectivity index (χ0n) is 8.29. The highest BCUT2D eigenvalue weighted by atomic mass is 79.9. The van der Waals surface area contributed by atoms with E-state index < -0.39 is 0 Å². The van der Waals surface area contributed by atoms with Gasteiger partial charge in [0, 0.05) is 29.3 Å². The van der Waals surface area contributed by atoms with E-state index in [-0.39, 0.29) is 5.91 Å². The van der Waals surface area contributed by atoms with Crippen LogP contribution in [0.15, 0.2) is 33.9 Å². The van der Waals surface area contributed by atoms with E-state index in [0.29, 0.717) is 18.3 Å². The third kappa shape index (κ3) is 1.59. The van der Waals surface area contributed by atoms with Crippen LogP contribution in [-0.4, -0.2) is 12.5 Å². The second kappa shape index (κ2) is 3.34. The molecular weight excluding hydrogens is 254 g/mol. The van der Waals surface area contributed by atoms with Gasteiger partial charge in [-0.1, -0.05) is 34.2 Å². The number of hydrogen-bond donors (Lipinski definition) is 1. The van der Waals surface area contributed by atoms with Crippen molar-refractivity contribution in [1.82, 2.24) is 5.32 Å². The zero-order chi connectivity index (χ0) is 10.4. The van der Waals surface area contributed by atoms with Crippen LogP contribution in [0.25, 0.3) is 0 Å². The summed E-state index contributed by atoms with van der Waals surface area (Å²) in [6.07, 6.45) is 8.38. The summed E-state index contributed by atoms with van der Waals surface area (Å²) in [6, 6.07) is 0. The van der Waals surface area contributed by atoms with Gasteiger partial charge in [0.1, 0.15) is 0 Å². The van der Waals surface area contributed by atoms with Crippen molar-refractivity contribution < 1.29 is 4.79 Å². The standard InChI is InChI=1S/C12H12BrNO/c13-12-9-3-1-7(5-10(9)12)8-2-4-11(15)14-6-8/h1,3,5,8-9H,2,4,6H2,(H,14,15)/t8-,9?/m1/s1. The van der Waals surface area contributed by atoms with Gasteiger partial charge in [-0.2, -0.15) is 0 Å². The van der Waals surface area contributed by atoms with E-state index in [0.717, 1.165) is 13.0 Å². The van der Waals surface area contributed by atoms with Gasteiger partial charge in [-0.25, -0.2) is 0 Å². The lowest BCUT2D eigenvalue weighted by Gasteiger charge is -2.24. The molecule has 0 aromatic rings. The minimum absolute atomic E-state index is 0.191. The number of allylic oxidation sites excluding steroid dienone is 5. The maximum Gasteiger partial charge on any atom is 0.220 e. The lowest BCUT2D eigenvalue weighted by molar-refractivity contribution is -0.122. The third-order valence-electron chi connectivity index (χ3n) is 3.34. The first kappa shape index (κ1) is 9.40. The average Bonchev–Trinajstić information content (AvgIpc) is 2.91. The molecular formula is C12H12BrNO. The van der Waals surface area contributed by atoms with Gasteiger partial charge in [0.15, 0.2) is 0 Å². The van der Waals surface area contributed by atoms with Crippen molar-refractivity contribution in [2.75, 3.05) is 6.54 Å². The van der Waals surface area contributed by atoms with E-state index in [2.05, 4.69) is 39.5 Å². The summed E-state index contributed by atoms with van der Waals surface area (Å²) in [5, 5.41) is 2.93. The monoisotopic (exact) mass is 265 g/mol. The van der Waals surface area contributed by atoms with Crippen LogP contribution in [-0.2, 0) is 4.79 Å². The first-order chi connectivity index (χ1) is 7.25. The predicted octanol–water partition coefficient (Wildman–Crippen LogP) is 2.29. The van der Waals surface area contributed by atoms with Gasteiger partial charge >= 0.3 is 0 Å². The molecule has 2 nitrogen and oxygen atoms in total. The van der Waals surface area contributed by atoms with Crippen LogP contribution in [0, 0.1) is 11.8 Å². The van der Waals surface area contributed by atoms with Crippen molar-refractivity contribution in [3.63, 3.8) is 0 Å². The molecule has 1 aliphatic heterocycles. The Kier molecular flexibility index (Phi) is 2.09. The fourth-order valence-electron chi connectivity index (χ4n) is 2.28. The number of rotatable bonds is 1. The van der Waals surface area contributed by atoms with E-state index >= 15 is 0 Å². The van der Waals surface area contributed by atoms with Crippen LogP contribution in [0.2, 0.25) is 0 Å². The van der Waals surface area contributed by atoms with Gasteiger partial charge in [0.05, 0.1) is 0 Å². The predicted molar refractivity (Wildman–Crippen MR) is 62.4 cm³/mol. The van der Waals surface area contributed by atoms with Crippen LogP contribution in [0.3, 0.4) is 0 Å². The molecule has 3 rings (SSSR count). The maximum absolute atomic E-state index is 11.1. The van der Waals surface area contributed by atoms with Crippen molar-refractivity contribution in [3.8, 4) is 0 Å². The van der Waals surface area contributed by atoms with E-state index in [9.17, 15) is 4.79 Å². The van der Waals surface area contributed by atoms with E-state index in [4.69, 9.17) is 0 Å². The molecule has 15 heavy (non-hydrogen) atoms. The van der Waals surface area contributed by atoms with Gasteiger partial charge in [0.2, 0.25) is 5.91 Å². The van der Waals surface area contributed by atoms with E-state index in [1.807, 2.05) is 0 Å². The Balaban J connectivity index is 1.75. The molecule has 3 heteroatoms. The zero-order valence-corrected chi connectivity index (χ0v) is 9.88. The topological polar surface area (TPSA) is 29.1 Å². The summed E-state index contributed by atoms with van der Waals surface area (Å²) in [5.41, 5.74) is 2.79. The quantitative estimate of drug-likeness (QED) is 0.775. The largest absolute Gasteiger partial charge is 0.355 e. The summed E-state index contributed by atoms with van der Waals surface area (Å²) < 4.78 is 1.33. The Labute approximate surface area is 97.2 Å². The second-order valence-corrected chi connectivity index (χ2v) is 5.18. The molecule has 0 spiro atoms. The molecule has 2 atom stereocenters. The van der Waals surface area contributed by atoms with Crippen LogP contribution in [0.4, 0.5) is 0 Å². The molecule has 0 aromatic heterocycles. The summed E-state index contributed by atoms with van der Waals surface area (Å²) in [4.78, 5) is 11.1. The SMILES string of the molecule is O=C1CC[C@@H](C2=CC3=C(Br)C3C=C2)CN1. The van der Waals surface area contributed by atoms with Crippen molar-refractivity contribution in [2.24, 2.45) is 11.8 Å². The molecule has 1 heterocycles. The van der Waals surface area contributed by atoms with Crippen LogP contribution in [0.1, 0.15) is 12.8 Å². The number of carbonyl (C=O) groups excluding carboxylic acids is 1. The van der Waals surface area contributed by atoms with Crippen molar-refractivity contribution in [1.29, 1.82) is 0 Å². The Hall–Kier alpha value is -0.830. The van der Waals surface area contributed by atoms with Gasteiger partial charge < -0.3 is 5.32 Å². The molecule has 1 saturated heterocycles. The molecule has 2 aliphatic carbocycles. The summed E-state index contributed by atoms with van der Waals surface area (Å²) >= 11 is 3.55. The third-order valence-corrected chi connectivity index (χ3v) is 4.29. The molecule has 1 amide bonds. The summed E-state index contributed by atoms with van der Waals surface area (Å²) in [7, 11) is 0. The lowest BCUT2D eigenvalue weighted by atomic mass is 9.88. The van der Waals surface area contributed by atoms with Gasteiger partial charge in [0.25, 0.3) is 0 Å². The lowest BCUT2D eigenvalue weighted by Crippen LogP contribution is -2.35. The van der Waals surface area contributed by atoms with Gasteiger partial charge in [-0.15, -0.1) is 0 Å². The highest BCUT2D eigenvalue weighted by Crippen LogP contribution is 2.49. The molecule has 0 radical (unpaired) electrons. The Morgan fingerprint density at radius 2 is 2.33 bits per heavy atom. The Morgan fingerprint density at radius 1 is 1.47 bits per heavy atom. The summed E-state index contributed by atoms with van der Waals surface area (Å²) in [5.74, 6) is 1.26. The number of halogens is 1. The molecule has 1 fully saturated rings. The van der Waals surface area contributed by atoms with E-state index in [1.54, 1.807) is 0 Å².